The number of esters is 1. The summed E-state index contributed by atoms with van der Waals surface area (Å²) in [6, 6.07) is 0. The lowest BCUT2D eigenvalue weighted by atomic mass is 9.32. The Labute approximate surface area is 330 Å². The van der Waals surface area contributed by atoms with Gasteiger partial charge in [0.2, 0.25) is 6.29 Å². The molecule has 2 aliphatic heterocycles. The van der Waals surface area contributed by atoms with E-state index < -0.39 is 97.5 Å². The van der Waals surface area contributed by atoms with Gasteiger partial charge in [-0.05, 0) is 117 Å². The summed E-state index contributed by atoms with van der Waals surface area (Å²) in [5.74, 6) is 0.0721. The van der Waals surface area contributed by atoms with Crippen molar-refractivity contribution in [3.05, 3.63) is 12.2 Å². The van der Waals surface area contributed by atoms with E-state index in [1.807, 2.05) is 13.8 Å². The van der Waals surface area contributed by atoms with Crippen LogP contribution >= 0.6 is 0 Å². The number of carbonyl (C=O) groups excluding carboxylic acids is 1. The van der Waals surface area contributed by atoms with Gasteiger partial charge in [0.15, 0.2) is 6.29 Å². The van der Waals surface area contributed by atoms with Gasteiger partial charge >= 0.3 is 5.97 Å². The lowest BCUT2D eigenvalue weighted by Gasteiger charge is -2.73. The topological polar surface area (TPSA) is 236 Å². The Hall–Kier alpha value is -1.27. The lowest BCUT2D eigenvalue weighted by Crippen LogP contribution is -2.68. The Morgan fingerprint density at radius 3 is 1.88 bits per heavy atom. The van der Waals surface area contributed by atoms with Gasteiger partial charge in [0.25, 0.3) is 0 Å². The van der Waals surface area contributed by atoms with E-state index in [1.54, 1.807) is 0 Å². The first-order valence-corrected chi connectivity index (χ1v) is 21.0. The molecule has 14 heteroatoms. The number of allylic oxidation sites excluding steroid dienone is 1. The molecule has 0 radical (unpaired) electrons. The van der Waals surface area contributed by atoms with Gasteiger partial charge in [-0.2, -0.15) is 0 Å². The summed E-state index contributed by atoms with van der Waals surface area (Å²) in [5, 5.41) is 93.9. The SMILES string of the molecule is C=C(C)[C@@H]1CC[C@]2(C(=O)O[C@@H]3O[C@H](CO)[C@@H](O)[C@H](O)[C@H]3O)CC[C@]3(C)[C@H](CC[C@@H]4[C@@]5(C)CC[C@H](O[C@@H]6O[C@H](CO)[C@@H](O)[C@H](O)[C@H]6O)[C@@](C)(CO)[C@H]5CC[C@]43C)[C@@H]12. The average Bonchev–Trinajstić information content (AvgIpc) is 3.58. The van der Waals surface area contributed by atoms with Crippen molar-refractivity contribution in [2.45, 2.75) is 166 Å². The van der Waals surface area contributed by atoms with Crippen molar-refractivity contribution in [2.75, 3.05) is 19.8 Å². The monoisotopic (exact) mass is 796 g/mol. The molecule has 0 aromatic carbocycles. The van der Waals surface area contributed by atoms with Crippen LogP contribution in [0.3, 0.4) is 0 Å². The van der Waals surface area contributed by atoms with Gasteiger partial charge < -0.3 is 64.9 Å². The molecular weight excluding hydrogens is 728 g/mol. The van der Waals surface area contributed by atoms with E-state index in [0.717, 1.165) is 50.5 Å². The van der Waals surface area contributed by atoms with E-state index in [1.165, 1.54) is 0 Å². The van der Waals surface area contributed by atoms with Crippen LogP contribution in [0.1, 0.15) is 98.8 Å². The fraction of sp³-hybridized carbons (Fsp3) is 0.929. The predicted molar refractivity (Wildman–Crippen MR) is 199 cm³/mol. The largest absolute Gasteiger partial charge is 0.432 e. The molecule has 0 spiro atoms. The van der Waals surface area contributed by atoms with Crippen molar-refractivity contribution in [3.8, 4) is 0 Å². The van der Waals surface area contributed by atoms with Crippen molar-refractivity contribution in [3.63, 3.8) is 0 Å². The molecule has 0 aromatic heterocycles. The van der Waals surface area contributed by atoms with E-state index in [4.69, 9.17) is 18.9 Å². The maximum atomic E-state index is 14.6. The minimum absolute atomic E-state index is 0.0627. The number of hydrogen-bond acceptors (Lipinski definition) is 14. The Morgan fingerprint density at radius 2 is 1.29 bits per heavy atom. The number of fused-ring (bicyclic) bond motifs is 7. The summed E-state index contributed by atoms with van der Waals surface area (Å²) in [7, 11) is 0. The van der Waals surface area contributed by atoms with E-state index >= 15 is 0 Å². The number of rotatable bonds is 8. The molecule has 7 rings (SSSR count). The van der Waals surface area contributed by atoms with E-state index in [2.05, 4.69) is 27.4 Å². The third-order valence-electron chi connectivity index (χ3n) is 17.8. The van der Waals surface area contributed by atoms with Crippen molar-refractivity contribution in [1.82, 2.24) is 0 Å². The zero-order valence-corrected chi connectivity index (χ0v) is 33.7. The minimum Gasteiger partial charge on any atom is -0.432 e. The van der Waals surface area contributed by atoms with E-state index in [-0.39, 0.29) is 46.5 Å². The van der Waals surface area contributed by atoms with Gasteiger partial charge in [-0.25, -0.2) is 0 Å². The van der Waals surface area contributed by atoms with Gasteiger partial charge in [-0.15, -0.1) is 0 Å². The molecule has 2 saturated heterocycles. The highest BCUT2D eigenvalue weighted by molar-refractivity contribution is 5.78. The second-order valence-electron chi connectivity index (χ2n) is 20.0. The normalized spacial score (nSPS) is 55.6. The van der Waals surface area contributed by atoms with Crippen molar-refractivity contribution < 1.29 is 69.7 Å². The van der Waals surface area contributed by atoms with Crippen molar-refractivity contribution >= 4 is 5.97 Å². The van der Waals surface area contributed by atoms with Crippen LogP contribution in [0.4, 0.5) is 0 Å². The van der Waals surface area contributed by atoms with Crippen LogP contribution in [0.25, 0.3) is 0 Å². The maximum Gasteiger partial charge on any atom is 0.314 e. The van der Waals surface area contributed by atoms with Gasteiger partial charge in [0.05, 0.1) is 31.3 Å². The Kier molecular flexibility index (Phi) is 11.5. The summed E-state index contributed by atoms with van der Waals surface area (Å²) < 4.78 is 23.8. The number of aliphatic hydroxyl groups is 9. The molecule has 0 bridgehead atoms. The summed E-state index contributed by atoms with van der Waals surface area (Å²) in [6.07, 6.45) is -7.37. The van der Waals surface area contributed by atoms with Crippen LogP contribution in [0, 0.1) is 56.7 Å². The van der Waals surface area contributed by atoms with Crippen LogP contribution < -0.4 is 0 Å². The molecule has 14 nitrogen and oxygen atoms in total. The van der Waals surface area contributed by atoms with Crippen molar-refractivity contribution in [2.24, 2.45) is 56.7 Å². The molecule has 5 saturated carbocycles. The van der Waals surface area contributed by atoms with Crippen LogP contribution in [-0.2, 0) is 23.7 Å². The fourth-order valence-electron chi connectivity index (χ4n) is 14.5. The maximum absolute atomic E-state index is 14.6. The highest BCUT2D eigenvalue weighted by Crippen LogP contribution is 2.77. The number of aliphatic hydroxyl groups excluding tert-OH is 9. The molecule has 0 unspecified atom stereocenters. The second-order valence-corrected chi connectivity index (χ2v) is 20.0. The molecule has 0 amide bonds. The van der Waals surface area contributed by atoms with Gasteiger partial charge in [0.1, 0.15) is 48.8 Å². The zero-order chi connectivity index (χ0) is 40.9. The van der Waals surface area contributed by atoms with Gasteiger partial charge in [-0.1, -0.05) is 39.8 Å². The lowest BCUT2D eigenvalue weighted by molar-refractivity contribution is -0.335. The third kappa shape index (κ3) is 6.05. The first-order valence-electron chi connectivity index (χ1n) is 21.0. The molecule has 9 N–H and O–H groups in total. The molecule has 56 heavy (non-hydrogen) atoms. The molecule has 7 fully saturated rings. The number of hydrogen-bond donors (Lipinski definition) is 9. The van der Waals surface area contributed by atoms with Crippen LogP contribution in [-0.4, -0.2) is 139 Å². The summed E-state index contributed by atoms with van der Waals surface area (Å²) in [5.41, 5.74) is -0.977. The highest BCUT2D eigenvalue weighted by Gasteiger charge is 2.73. The zero-order valence-electron chi connectivity index (χ0n) is 33.7. The molecule has 320 valence electrons. The second kappa shape index (κ2) is 15.0. The minimum atomic E-state index is -1.67. The molecule has 0 aromatic rings. The van der Waals surface area contributed by atoms with Crippen LogP contribution in [0.2, 0.25) is 0 Å². The first-order chi connectivity index (χ1) is 26.3. The predicted octanol–water partition coefficient (Wildman–Crippen LogP) is 1.14. The number of ether oxygens (including phenoxy) is 4. The van der Waals surface area contributed by atoms with Gasteiger partial charge in [-0.3, -0.25) is 4.79 Å². The molecule has 21 atom stereocenters. The Balaban J connectivity index is 1.15. The summed E-state index contributed by atoms with van der Waals surface area (Å²) >= 11 is 0. The summed E-state index contributed by atoms with van der Waals surface area (Å²) in [6.45, 7) is 14.4. The molecular formula is C42H68O14. The van der Waals surface area contributed by atoms with Crippen LogP contribution in [0.5, 0.6) is 0 Å². The van der Waals surface area contributed by atoms with Crippen LogP contribution in [0.15, 0.2) is 12.2 Å². The van der Waals surface area contributed by atoms with E-state index in [9.17, 15) is 50.8 Å². The molecule has 5 aliphatic carbocycles. The average molecular weight is 797 g/mol. The number of carbonyl (C=O) groups is 1. The smallest absolute Gasteiger partial charge is 0.314 e. The molecule has 2 heterocycles. The van der Waals surface area contributed by atoms with Gasteiger partial charge in [0, 0.05) is 5.41 Å². The first kappa shape index (κ1) is 42.8. The highest BCUT2D eigenvalue weighted by atomic mass is 16.7. The third-order valence-corrected chi connectivity index (χ3v) is 17.8. The van der Waals surface area contributed by atoms with Crippen molar-refractivity contribution in [1.29, 1.82) is 0 Å². The fourth-order valence-corrected chi connectivity index (χ4v) is 14.5. The van der Waals surface area contributed by atoms with E-state index in [0.29, 0.717) is 25.2 Å². The molecule has 7 aliphatic rings. The quantitative estimate of drug-likeness (QED) is 0.0953. The Morgan fingerprint density at radius 1 is 0.679 bits per heavy atom. The summed E-state index contributed by atoms with van der Waals surface area (Å²) in [4.78, 5) is 14.6. The Bertz CT molecular complexity index is 1480. The standard InChI is InChI=1S/C42H68O14/c1-20(2)21-9-14-42(37(52)56-36-34(51)32(49)30(47)24(18-44)54-36)16-15-40(5)22(28(21)42)7-8-26-38(3)12-11-27(39(4,19-45)25(38)10-13-41(26,40)6)55-35-33(50)31(48)29(46)23(17-43)53-35/h21-36,43-51H,1,7-19H2,2-6H3/t21-,22+,23+,24+,25-,26+,27-,28+,29+,30+,31-,32-,33+,34+,35-,36-,38-,39-,40+,41+,42-/m0/s1.